The molecule has 136 valence electrons. The summed E-state index contributed by atoms with van der Waals surface area (Å²) in [5.41, 5.74) is 7.76. The third-order valence-electron chi connectivity index (χ3n) is 4.68. The molecule has 0 saturated heterocycles. The monoisotopic (exact) mass is 351 g/mol. The summed E-state index contributed by atoms with van der Waals surface area (Å²) in [6, 6.07) is 7.32. The van der Waals surface area contributed by atoms with E-state index in [1.54, 1.807) is 37.3 Å². The highest BCUT2D eigenvalue weighted by Crippen LogP contribution is 2.29. The zero-order chi connectivity index (χ0) is 19.1. The second kappa shape index (κ2) is 9.00. The number of nitrogens with two attached hydrogens (primary N) is 1. The number of aliphatic imine (C=N–C) groups is 1. The zero-order valence-electron chi connectivity index (χ0n) is 15.5. The maximum absolute atomic E-state index is 12.7. The maximum Gasteiger partial charge on any atom is 0.253 e. The van der Waals surface area contributed by atoms with E-state index in [0.29, 0.717) is 12.0 Å². The quantitative estimate of drug-likeness (QED) is 0.668. The molecule has 1 aliphatic carbocycles. The highest BCUT2D eigenvalue weighted by molar-refractivity contribution is 5.94. The van der Waals surface area contributed by atoms with Gasteiger partial charge in [0, 0.05) is 49.0 Å². The Labute approximate surface area is 155 Å². The molecule has 1 saturated carbocycles. The van der Waals surface area contributed by atoms with E-state index in [2.05, 4.69) is 16.8 Å². The first-order chi connectivity index (χ1) is 12.4. The summed E-state index contributed by atoms with van der Waals surface area (Å²) in [6.07, 6.45) is 5.76. The summed E-state index contributed by atoms with van der Waals surface area (Å²) in [4.78, 5) is 29.6. The molecule has 1 aliphatic rings. The molecule has 0 bridgehead atoms. The second-order valence-electron chi connectivity index (χ2n) is 6.57. The van der Waals surface area contributed by atoms with Crippen molar-refractivity contribution in [2.24, 2.45) is 16.6 Å². The van der Waals surface area contributed by atoms with Crippen molar-refractivity contribution < 1.29 is 9.59 Å². The van der Waals surface area contributed by atoms with E-state index < -0.39 is 0 Å². The number of amides is 2. The van der Waals surface area contributed by atoms with Crippen molar-refractivity contribution in [3.63, 3.8) is 0 Å². The van der Waals surface area contributed by atoms with Crippen LogP contribution in [-0.2, 0) is 4.79 Å². The van der Waals surface area contributed by atoms with Crippen molar-refractivity contribution in [1.29, 1.82) is 0 Å². The lowest BCUT2D eigenvalue weighted by Gasteiger charge is -2.24. The summed E-state index contributed by atoms with van der Waals surface area (Å²) in [6.45, 7) is 1.92. The molecule has 0 unspecified atom stereocenters. The van der Waals surface area contributed by atoms with E-state index in [0.717, 1.165) is 24.0 Å². The highest BCUT2D eigenvalue weighted by atomic mass is 16.2. The molecule has 2 atom stereocenters. The molecular weight excluding hydrogens is 326 g/mol. The fourth-order valence-electron chi connectivity index (χ4n) is 3.03. The van der Waals surface area contributed by atoms with Gasteiger partial charge in [-0.1, -0.05) is 11.8 Å². The van der Waals surface area contributed by atoms with Gasteiger partial charge in [0.05, 0.1) is 0 Å². The lowest BCUT2D eigenvalue weighted by Crippen LogP contribution is -2.36. The summed E-state index contributed by atoms with van der Waals surface area (Å²) in [5, 5.41) is 0. The van der Waals surface area contributed by atoms with Crippen LogP contribution in [0.25, 0.3) is 0 Å². The maximum atomic E-state index is 12.7. The van der Waals surface area contributed by atoms with Gasteiger partial charge in [0.15, 0.2) is 0 Å². The Balaban J connectivity index is 2.03. The molecule has 2 N–H and O–H groups in total. The average molecular weight is 351 g/mol. The van der Waals surface area contributed by atoms with Crippen molar-refractivity contribution >= 4 is 18.0 Å². The van der Waals surface area contributed by atoms with Crippen molar-refractivity contribution in [2.75, 3.05) is 14.1 Å². The Morgan fingerprint density at radius 2 is 1.96 bits per heavy atom. The van der Waals surface area contributed by atoms with E-state index >= 15 is 0 Å². The minimum absolute atomic E-state index is 0.0464. The van der Waals surface area contributed by atoms with Crippen molar-refractivity contribution in [1.82, 2.24) is 4.90 Å². The normalized spacial score (nSPS) is 19.9. The SMILES string of the molecule is CN=C/C=C(\C)C#Cc1ccc(C(=O)N(C)[C@@H]2CC[C@H](C(N)=O)C2)cc1. The Hall–Kier alpha value is -2.87. The van der Waals surface area contributed by atoms with Crippen LogP contribution in [0, 0.1) is 17.8 Å². The van der Waals surface area contributed by atoms with Crippen LogP contribution >= 0.6 is 0 Å². The molecule has 0 spiro atoms. The van der Waals surface area contributed by atoms with Gasteiger partial charge < -0.3 is 10.6 Å². The van der Waals surface area contributed by atoms with Crippen LogP contribution in [0.1, 0.15) is 42.1 Å². The predicted octanol–water partition coefficient (Wildman–Crippen LogP) is 2.41. The molecule has 0 aliphatic heterocycles. The van der Waals surface area contributed by atoms with Gasteiger partial charge in [-0.05, 0) is 56.5 Å². The number of nitrogens with zero attached hydrogens (tertiary/aromatic N) is 2. The van der Waals surface area contributed by atoms with E-state index in [4.69, 9.17) is 5.73 Å². The number of hydrogen-bond acceptors (Lipinski definition) is 3. The number of primary amides is 1. The molecule has 0 aromatic heterocycles. The Morgan fingerprint density at radius 3 is 2.54 bits per heavy atom. The number of carbonyl (C=O) groups is 2. The lowest BCUT2D eigenvalue weighted by molar-refractivity contribution is -0.121. The number of allylic oxidation sites excluding steroid dienone is 2. The van der Waals surface area contributed by atoms with Gasteiger partial charge in [-0.25, -0.2) is 0 Å². The van der Waals surface area contributed by atoms with Crippen molar-refractivity contribution in [2.45, 2.75) is 32.2 Å². The minimum atomic E-state index is -0.272. The molecule has 2 rings (SSSR count). The Kier molecular flexibility index (Phi) is 6.74. The molecule has 26 heavy (non-hydrogen) atoms. The van der Waals surface area contributed by atoms with Crippen molar-refractivity contribution in [3.05, 3.63) is 47.0 Å². The third kappa shape index (κ3) is 5.06. The number of rotatable bonds is 4. The van der Waals surface area contributed by atoms with Gasteiger partial charge in [-0.3, -0.25) is 14.6 Å². The van der Waals surface area contributed by atoms with Gasteiger partial charge in [-0.2, -0.15) is 0 Å². The highest BCUT2D eigenvalue weighted by Gasteiger charge is 2.32. The standard InChI is InChI=1S/C21H25N3O2/c1-15(12-13-23-2)4-5-16-6-8-17(9-7-16)21(26)24(3)19-11-10-18(14-19)20(22)25/h6-9,12-13,18-19H,10-11,14H2,1-3H3,(H2,22,25)/b15-12+,23-13?/t18-,19+/m0/s1. The molecule has 2 amide bonds. The van der Waals surface area contributed by atoms with Gasteiger partial charge >= 0.3 is 0 Å². The first-order valence-electron chi connectivity index (χ1n) is 8.70. The molecule has 1 aromatic rings. The summed E-state index contributed by atoms with van der Waals surface area (Å²) in [5.74, 6) is 5.67. The molecule has 5 nitrogen and oxygen atoms in total. The van der Waals surface area contributed by atoms with Gasteiger partial charge in [0.1, 0.15) is 0 Å². The first-order valence-corrected chi connectivity index (χ1v) is 8.70. The zero-order valence-corrected chi connectivity index (χ0v) is 15.5. The minimum Gasteiger partial charge on any atom is -0.369 e. The number of carbonyl (C=O) groups excluding carboxylic acids is 2. The fourth-order valence-corrected chi connectivity index (χ4v) is 3.03. The van der Waals surface area contributed by atoms with Crippen LogP contribution in [-0.4, -0.2) is 43.1 Å². The molecule has 0 radical (unpaired) electrons. The Morgan fingerprint density at radius 1 is 1.27 bits per heavy atom. The number of benzene rings is 1. The fraction of sp³-hybridized carbons (Fsp3) is 0.381. The van der Waals surface area contributed by atoms with E-state index in [-0.39, 0.29) is 23.8 Å². The van der Waals surface area contributed by atoms with Crippen molar-refractivity contribution in [3.8, 4) is 11.8 Å². The first kappa shape index (κ1) is 19.5. The summed E-state index contributed by atoms with van der Waals surface area (Å²) < 4.78 is 0. The van der Waals surface area contributed by atoms with Gasteiger partial charge in [-0.15, -0.1) is 0 Å². The van der Waals surface area contributed by atoms with E-state index in [9.17, 15) is 9.59 Å². The van der Waals surface area contributed by atoms with Crippen LogP contribution < -0.4 is 5.73 Å². The van der Waals surface area contributed by atoms with Crippen LogP contribution in [0.2, 0.25) is 0 Å². The summed E-state index contributed by atoms with van der Waals surface area (Å²) in [7, 11) is 3.50. The number of hydrogen-bond donors (Lipinski definition) is 1. The van der Waals surface area contributed by atoms with Crippen LogP contribution in [0.5, 0.6) is 0 Å². The van der Waals surface area contributed by atoms with Crippen LogP contribution in [0.3, 0.4) is 0 Å². The summed E-state index contributed by atoms with van der Waals surface area (Å²) >= 11 is 0. The molecule has 0 heterocycles. The molecular formula is C21H25N3O2. The average Bonchev–Trinajstić information content (AvgIpc) is 3.14. The third-order valence-corrected chi connectivity index (χ3v) is 4.68. The van der Waals surface area contributed by atoms with Gasteiger partial charge in [0.25, 0.3) is 5.91 Å². The smallest absolute Gasteiger partial charge is 0.253 e. The van der Waals surface area contributed by atoms with E-state index in [1.807, 2.05) is 25.1 Å². The van der Waals surface area contributed by atoms with Crippen LogP contribution in [0.15, 0.2) is 40.9 Å². The topological polar surface area (TPSA) is 75.8 Å². The van der Waals surface area contributed by atoms with E-state index in [1.165, 1.54) is 0 Å². The molecule has 1 aromatic carbocycles. The largest absolute Gasteiger partial charge is 0.369 e. The molecule has 1 fully saturated rings. The second-order valence-corrected chi connectivity index (χ2v) is 6.57. The Bertz CT molecular complexity index is 782. The lowest BCUT2D eigenvalue weighted by atomic mass is 10.1. The molecule has 5 heteroatoms. The predicted molar refractivity (Wildman–Crippen MR) is 104 cm³/mol. The van der Waals surface area contributed by atoms with Crippen LogP contribution in [0.4, 0.5) is 0 Å². The van der Waals surface area contributed by atoms with Gasteiger partial charge in [0.2, 0.25) is 5.91 Å².